The van der Waals surface area contributed by atoms with E-state index in [-0.39, 0.29) is 39.5 Å². The summed E-state index contributed by atoms with van der Waals surface area (Å²) in [4.78, 5) is 38.7. The van der Waals surface area contributed by atoms with Gasteiger partial charge < -0.3 is 5.11 Å². The lowest BCUT2D eigenvalue weighted by Crippen LogP contribution is -2.43. The summed E-state index contributed by atoms with van der Waals surface area (Å²) < 4.78 is 0. The Morgan fingerprint density at radius 1 is 1.00 bits per heavy atom. The largest absolute Gasteiger partial charge is 0.512 e. The maximum Gasteiger partial charge on any atom is 0.163 e. The van der Waals surface area contributed by atoms with Crippen LogP contribution in [0.15, 0.2) is 28.2 Å². The number of carbonyl (C=O) groups is 3. The van der Waals surface area contributed by atoms with E-state index in [1.54, 1.807) is 0 Å². The zero-order valence-electron chi connectivity index (χ0n) is 15.8. The second-order valence-corrected chi connectivity index (χ2v) is 10.0. The Morgan fingerprint density at radius 2 is 1.58 bits per heavy atom. The maximum absolute atomic E-state index is 12.9. The van der Waals surface area contributed by atoms with Crippen molar-refractivity contribution in [3.8, 4) is 0 Å². The fourth-order valence-electron chi connectivity index (χ4n) is 4.41. The SMILES string of the molecule is CC1(C)CC(=O)C([C@H](C2=C(O)CC(C)(C)CC2=O)c2ccsc2)C(=O)C1. The van der Waals surface area contributed by atoms with E-state index in [9.17, 15) is 19.5 Å². The van der Waals surface area contributed by atoms with E-state index in [2.05, 4.69) is 0 Å². The number of hydrogen-bond acceptors (Lipinski definition) is 5. The van der Waals surface area contributed by atoms with Crippen LogP contribution in [0.5, 0.6) is 0 Å². The Balaban J connectivity index is 2.10. The van der Waals surface area contributed by atoms with Gasteiger partial charge in [-0.2, -0.15) is 11.3 Å². The summed E-state index contributed by atoms with van der Waals surface area (Å²) in [5.41, 5.74) is 0.385. The molecule has 1 atom stereocenters. The number of thiophene rings is 1. The molecule has 1 aromatic rings. The first-order chi connectivity index (χ1) is 12.0. The van der Waals surface area contributed by atoms with Crippen LogP contribution in [0.3, 0.4) is 0 Å². The van der Waals surface area contributed by atoms with Crippen LogP contribution in [0, 0.1) is 16.7 Å². The van der Waals surface area contributed by atoms with Gasteiger partial charge in [0, 0.05) is 37.2 Å². The molecule has 0 spiro atoms. The van der Waals surface area contributed by atoms with Crippen LogP contribution in [0.4, 0.5) is 0 Å². The first-order valence-electron chi connectivity index (χ1n) is 9.03. The normalized spacial score (nSPS) is 24.8. The average molecular weight is 375 g/mol. The minimum absolute atomic E-state index is 0.0351. The molecular weight excluding hydrogens is 348 g/mol. The lowest BCUT2D eigenvalue weighted by Gasteiger charge is -2.38. The molecular formula is C21H26O4S. The molecule has 0 amide bonds. The van der Waals surface area contributed by atoms with Gasteiger partial charge in [0.25, 0.3) is 0 Å². The lowest BCUT2D eigenvalue weighted by molar-refractivity contribution is -0.140. The maximum atomic E-state index is 12.9. The van der Waals surface area contributed by atoms with Crippen molar-refractivity contribution in [1.82, 2.24) is 0 Å². The molecule has 1 heterocycles. The van der Waals surface area contributed by atoms with Gasteiger partial charge in [0.05, 0.1) is 5.92 Å². The highest BCUT2D eigenvalue weighted by atomic mass is 32.1. The number of aliphatic hydroxyl groups excluding tert-OH is 1. The Morgan fingerprint density at radius 3 is 2.08 bits per heavy atom. The predicted molar refractivity (Wildman–Crippen MR) is 101 cm³/mol. The second kappa shape index (κ2) is 6.45. The van der Waals surface area contributed by atoms with E-state index in [0.717, 1.165) is 5.56 Å². The lowest BCUT2D eigenvalue weighted by atomic mass is 9.63. The fourth-order valence-corrected chi connectivity index (χ4v) is 5.11. The van der Waals surface area contributed by atoms with E-state index in [0.29, 0.717) is 25.7 Å². The van der Waals surface area contributed by atoms with Gasteiger partial charge in [-0.1, -0.05) is 27.7 Å². The Kier molecular flexibility index (Phi) is 4.72. The molecule has 0 aliphatic heterocycles. The highest BCUT2D eigenvalue weighted by Gasteiger charge is 2.48. The monoisotopic (exact) mass is 374 g/mol. The molecule has 0 radical (unpaired) electrons. The summed E-state index contributed by atoms with van der Waals surface area (Å²) in [6.45, 7) is 7.72. The third-order valence-electron chi connectivity index (χ3n) is 5.44. The molecule has 0 saturated heterocycles. The van der Waals surface area contributed by atoms with Crippen molar-refractivity contribution in [2.75, 3.05) is 0 Å². The minimum Gasteiger partial charge on any atom is -0.512 e. The summed E-state index contributed by atoms with van der Waals surface area (Å²) in [5, 5.41) is 14.4. The standard InChI is InChI=1S/C21H26O4S/c1-20(2)7-13(22)18(14(23)8-20)17(12-5-6-26-11-12)19-15(24)9-21(3,4)10-16(19)25/h5-6,11,17-18,24H,7-10H2,1-4H3/t17-/m1/s1. The van der Waals surface area contributed by atoms with Gasteiger partial charge in [-0.05, 0) is 33.2 Å². The molecule has 0 bridgehead atoms. The summed E-state index contributed by atoms with van der Waals surface area (Å²) in [7, 11) is 0. The van der Waals surface area contributed by atoms with Gasteiger partial charge in [0.1, 0.15) is 17.3 Å². The van der Waals surface area contributed by atoms with Gasteiger partial charge in [-0.15, -0.1) is 0 Å². The smallest absolute Gasteiger partial charge is 0.163 e. The van der Waals surface area contributed by atoms with E-state index in [1.807, 2.05) is 44.5 Å². The average Bonchev–Trinajstić information content (AvgIpc) is 2.95. The summed E-state index contributed by atoms with van der Waals surface area (Å²) in [6, 6.07) is 1.85. The van der Waals surface area contributed by atoms with E-state index in [4.69, 9.17) is 0 Å². The fraction of sp³-hybridized carbons (Fsp3) is 0.571. The molecule has 5 heteroatoms. The third-order valence-corrected chi connectivity index (χ3v) is 6.14. The van der Waals surface area contributed by atoms with Crippen molar-refractivity contribution < 1.29 is 19.5 Å². The zero-order valence-corrected chi connectivity index (χ0v) is 16.6. The predicted octanol–water partition coefficient (Wildman–Crippen LogP) is 4.61. The molecule has 26 heavy (non-hydrogen) atoms. The van der Waals surface area contributed by atoms with Crippen molar-refractivity contribution in [1.29, 1.82) is 0 Å². The van der Waals surface area contributed by atoms with Crippen LogP contribution >= 0.6 is 11.3 Å². The van der Waals surface area contributed by atoms with Crippen molar-refractivity contribution in [2.45, 2.75) is 59.3 Å². The van der Waals surface area contributed by atoms with Gasteiger partial charge in [0.15, 0.2) is 5.78 Å². The Hall–Kier alpha value is -1.75. The topological polar surface area (TPSA) is 71.4 Å². The van der Waals surface area contributed by atoms with Crippen molar-refractivity contribution in [2.24, 2.45) is 16.7 Å². The summed E-state index contributed by atoms with van der Waals surface area (Å²) in [6.07, 6.45) is 1.33. The number of carbonyl (C=O) groups excluding carboxylic acids is 3. The summed E-state index contributed by atoms with van der Waals surface area (Å²) in [5.74, 6) is -1.91. The van der Waals surface area contributed by atoms with Crippen LogP contribution < -0.4 is 0 Å². The molecule has 3 rings (SSSR count). The molecule has 0 aromatic carbocycles. The number of allylic oxidation sites excluding steroid dienone is 2. The van der Waals surface area contributed by atoms with E-state index < -0.39 is 11.8 Å². The van der Waals surface area contributed by atoms with E-state index in [1.165, 1.54) is 11.3 Å². The first kappa shape index (κ1) is 19.0. The molecule has 2 aliphatic carbocycles. The molecule has 1 aromatic heterocycles. The number of Topliss-reactive ketones (excluding diaryl/α,β-unsaturated/α-hetero) is 3. The second-order valence-electron chi connectivity index (χ2n) is 9.26. The van der Waals surface area contributed by atoms with Crippen molar-refractivity contribution >= 4 is 28.7 Å². The number of aliphatic hydroxyl groups is 1. The molecule has 2 aliphatic rings. The first-order valence-corrected chi connectivity index (χ1v) is 9.98. The Labute approximate surface area is 158 Å². The number of hydrogen-bond donors (Lipinski definition) is 1. The van der Waals surface area contributed by atoms with Crippen LogP contribution in [-0.4, -0.2) is 22.5 Å². The number of rotatable bonds is 3. The number of ketones is 3. The highest BCUT2D eigenvalue weighted by Crippen LogP contribution is 2.47. The van der Waals surface area contributed by atoms with Gasteiger partial charge in [-0.3, -0.25) is 14.4 Å². The highest BCUT2D eigenvalue weighted by molar-refractivity contribution is 7.08. The van der Waals surface area contributed by atoms with Crippen LogP contribution in [0.25, 0.3) is 0 Å². The molecule has 1 N–H and O–H groups in total. The van der Waals surface area contributed by atoms with Gasteiger partial charge in [-0.25, -0.2) is 0 Å². The molecule has 4 nitrogen and oxygen atoms in total. The van der Waals surface area contributed by atoms with Crippen LogP contribution in [0.2, 0.25) is 0 Å². The van der Waals surface area contributed by atoms with Gasteiger partial charge >= 0.3 is 0 Å². The van der Waals surface area contributed by atoms with Crippen LogP contribution in [0.1, 0.15) is 64.9 Å². The third kappa shape index (κ3) is 3.54. The molecule has 1 saturated carbocycles. The molecule has 140 valence electrons. The summed E-state index contributed by atoms with van der Waals surface area (Å²) >= 11 is 1.46. The molecule has 1 fully saturated rings. The molecule has 0 unspecified atom stereocenters. The van der Waals surface area contributed by atoms with Gasteiger partial charge in [0.2, 0.25) is 0 Å². The van der Waals surface area contributed by atoms with Crippen LogP contribution in [-0.2, 0) is 14.4 Å². The quantitative estimate of drug-likeness (QED) is 0.785. The van der Waals surface area contributed by atoms with Crippen molar-refractivity contribution in [3.63, 3.8) is 0 Å². The minimum atomic E-state index is -0.875. The zero-order chi connectivity index (χ0) is 19.3. The van der Waals surface area contributed by atoms with E-state index >= 15 is 0 Å². The van der Waals surface area contributed by atoms with Crippen molar-refractivity contribution in [3.05, 3.63) is 33.7 Å². The Bertz CT molecular complexity index is 763.